The Labute approximate surface area is 119 Å². The zero-order chi connectivity index (χ0) is 14.8. The molecule has 0 radical (unpaired) electrons. The number of hydrogen-bond acceptors (Lipinski definition) is 4. The number of rotatable bonds is 4. The van der Waals surface area contributed by atoms with Crippen LogP contribution >= 0.6 is 0 Å². The molecule has 0 saturated carbocycles. The molecule has 1 aliphatic rings. The molecule has 0 unspecified atom stereocenters. The number of nitrogens with zero attached hydrogens (tertiary/aromatic N) is 2. The summed E-state index contributed by atoms with van der Waals surface area (Å²) >= 11 is 0. The van der Waals surface area contributed by atoms with E-state index in [9.17, 15) is 13.2 Å². The quantitative estimate of drug-likeness (QED) is 0.830. The number of amides is 1. The SMILES string of the molecule is CN(C)NC(=O)c1ccc(S(=O)(=O)N2CCCC2)cc1. The van der Waals surface area contributed by atoms with Crippen LogP contribution < -0.4 is 5.43 Å². The fourth-order valence-corrected chi connectivity index (χ4v) is 3.64. The molecule has 1 heterocycles. The van der Waals surface area contributed by atoms with Gasteiger partial charge >= 0.3 is 0 Å². The van der Waals surface area contributed by atoms with E-state index in [0.29, 0.717) is 18.7 Å². The first-order valence-electron chi connectivity index (χ1n) is 6.50. The molecule has 6 nitrogen and oxygen atoms in total. The van der Waals surface area contributed by atoms with E-state index >= 15 is 0 Å². The minimum absolute atomic E-state index is 0.237. The van der Waals surface area contributed by atoms with Gasteiger partial charge in [0.05, 0.1) is 4.90 Å². The summed E-state index contributed by atoms with van der Waals surface area (Å²) < 4.78 is 26.1. The lowest BCUT2D eigenvalue weighted by atomic mass is 10.2. The van der Waals surface area contributed by atoms with Gasteiger partial charge in [-0.25, -0.2) is 13.4 Å². The minimum atomic E-state index is -3.41. The van der Waals surface area contributed by atoms with E-state index in [0.717, 1.165) is 12.8 Å². The normalized spacial score (nSPS) is 16.6. The van der Waals surface area contributed by atoms with Crippen LogP contribution in [0.2, 0.25) is 0 Å². The van der Waals surface area contributed by atoms with E-state index in [2.05, 4.69) is 5.43 Å². The smallest absolute Gasteiger partial charge is 0.265 e. The van der Waals surface area contributed by atoms with Gasteiger partial charge in [-0.15, -0.1) is 0 Å². The van der Waals surface area contributed by atoms with Crippen molar-refractivity contribution in [3.63, 3.8) is 0 Å². The maximum atomic E-state index is 12.3. The summed E-state index contributed by atoms with van der Waals surface area (Å²) in [6.45, 7) is 1.15. The number of carbonyl (C=O) groups is 1. The standard InChI is InChI=1S/C13H19N3O3S/c1-15(2)14-13(17)11-5-7-12(8-6-11)20(18,19)16-9-3-4-10-16/h5-8H,3-4,9-10H2,1-2H3,(H,14,17). The second-order valence-electron chi connectivity index (χ2n) is 4.97. The Morgan fingerprint density at radius 1 is 1.15 bits per heavy atom. The fraction of sp³-hybridized carbons (Fsp3) is 0.462. The van der Waals surface area contributed by atoms with Crippen LogP contribution in [0.3, 0.4) is 0 Å². The third-order valence-corrected chi connectivity index (χ3v) is 5.06. The number of hydrogen-bond donors (Lipinski definition) is 1. The van der Waals surface area contributed by atoms with Crippen molar-refractivity contribution in [2.75, 3.05) is 27.2 Å². The highest BCUT2D eigenvalue weighted by molar-refractivity contribution is 7.89. The zero-order valence-corrected chi connectivity index (χ0v) is 12.5. The van der Waals surface area contributed by atoms with Crippen molar-refractivity contribution in [1.29, 1.82) is 0 Å². The molecule has 0 spiro atoms. The Kier molecular flexibility index (Phi) is 4.42. The summed E-state index contributed by atoms with van der Waals surface area (Å²) in [5.41, 5.74) is 3.04. The van der Waals surface area contributed by atoms with E-state index in [1.807, 2.05) is 0 Å². The van der Waals surface area contributed by atoms with Crippen LogP contribution in [0.15, 0.2) is 29.2 Å². The third kappa shape index (κ3) is 3.17. The van der Waals surface area contributed by atoms with Crippen molar-refractivity contribution in [3.8, 4) is 0 Å². The summed E-state index contributed by atoms with van der Waals surface area (Å²) in [7, 11) is 0.0118. The molecule has 20 heavy (non-hydrogen) atoms. The molecule has 0 atom stereocenters. The maximum Gasteiger partial charge on any atom is 0.265 e. The molecule has 0 aliphatic carbocycles. The maximum absolute atomic E-state index is 12.3. The van der Waals surface area contributed by atoms with Gasteiger partial charge in [0.25, 0.3) is 5.91 Å². The van der Waals surface area contributed by atoms with Crippen LogP contribution in [0.1, 0.15) is 23.2 Å². The first-order chi connectivity index (χ1) is 9.41. The van der Waals surface area contributed by atoms with Crippen molar-refractivity contribution < 1.29 is 13.2 Å². The lowest BCUT2D eigenvalue weighted by molar-refractivity contribution is 0.0857. The van der Waals surface area contributed by atoms with Gasteiger partial charge in [0.2, 0.25) is 10.0 Å². The Morgan fingerprint density at radius 3 is 2.20 bits per heavy atom. The third-order valence-electron chi connectivity index (χ3n) is 3.14. The Bertz CT molecular complexity index is 575. The summed E-state index contributed by atoms with van der Waals surface area (Å²) in [6.07, 6.45) is 1.81. The summed E-state index contributed by atoms with van der Waals surface area (Å²) in [5.74, 6) is -0.264. The molecule has 110 valence electrons. The topological polar surface area (TPSA) is 69.7 Å². The molecule has 1 aromatic carbocycles. The average molecular weight is 297 g/mol. The first kappa shape index (κ1) is 15.0. The van der Waals surface area contributed by atoms with Crippen molar-refractivity contribution in [2.24, 2.45) is 0 Å². The highest BCUT2D eigenvalue weighted by Gasteiger charge is 2.27. The molecule has 1 aliphatic heterocycles. The van der Waals surface area contributed by atoms with Crippen LogP contribution in [0, 0.1) is 0 Å². The molecule has 2 rings (SSSR count). The van der Waals surface area contributed by atoms with Gasteiger partial charge in [-0.05, 0) is 37.1 Å². The predicted molar refractivity (Wildman–Crippen MR) is 75.6 cm³/mol. The van der Waals surface area contributed by atoms with Gasteiger partial charge in [0, 0.05) is 32.7 Å². The molecule has 1 amide bonds. The monoisotopic (exact) mass is 297 g/mol. The largest absolute Gasteiger partial charge is 0.285 e. The van der Waals surface area contributed by atoms with Crippen molar-refractivity contribution >= 4 is 15.9 Å². The van der Waals surface area contributed by atoms with E-state index in [1.54, 1.807) is 14.1 Å². The van der Waals surface area contributed by atoms with Crippen LogP contribution in [0.5, 0.6) is 0 Å². The van der Waals surface area contributed by atoms with Gasteiger partial charge in [0.15, 0.2) is 0 Å². The molecular weight excluding hydrogens is 278 g/mol. The first-order valence-corrected chi connectivity index (χ1v) is 7.94. The lowest BCUT2D eigenvalue weighted by Crippen LogP contribution is -2.36. The number of benzene rings is 1. The van der Waals surface area contributed by atoms with Crippen molar-refractivity contribution in [1.82, 2.24) is 14.7 Å². The predicted octanol–water partition coefficient (Wildman–Crippen LogP) is 0.677. The van der Waals surface area contributed by atoms with Gasteiger partial charge in [-0.3, -0.25) is 10.2 Å². The number of carbonyl (C=O) groups excluding carboxylic acids is 1. The molecule has 7 heteroatoms. The summed E-state index contributed by atoms with van der Waals surface area (Å²) in [6, 6.07) is 6.03. The van der Waals surface area contributed by atoms with Gasteiger partial charge in [-0.1, -0.05) is 0 Å². The molecule has 0 bridgehead atoms. The van der Waals surface area contributed by atoms with E-state index in [1.165, 1.54) is 33.6 Å². The zero-order valence-electron chi connectivity index (χ0n) is 11.7. The van der Waals surface area contributed by atoms with E-state index in [-0.39, 0.29) is 10.8 Å². The summed E-state index contributed by atoms with van der Waals surface area (Å²) in [4.78, 5) is 12.0. The number of hydrazine groups is 1. The van der Waals surface area contributed by atoms with Crippen molar-refractivity contribution in [2.45, 2.75) is 17.7 Å². The van der Waals surface area contributed by atoms with Crippen LogP contribution in [0.25, 0.3) is 0 Å². The fourth-order valence-electron chi connectivity index (χ4n) is 2.12. The number of sulfonamides is 1. The van der Waals surface area contributed by atoms with Crippen LogP contribution in [0.4, 0.5) is 0 Å². The van der Waals surface area contributed by atoms with Crippen LogP contribution in [-0.4, -0.2) is 50.8 Å². The molecule has 1 N–H and O–H groups in total. The van der Waals surface area contributed by atoms with E-state index in [4.69, 9.17) is 0 Å². The molecular formula is C13H19N3O3S. The molecule has 1 aromatic rings. The minimum Gasteiger partial charge on any atom is -0.285 e. The van der Waals surface area contributed by atoms with Crippen molar-refractivity contribution in [3.05, 3.63) is 29.8 Å². The van der Waals surface area contributed by atoms with Gasteiger partial charge in [0.1, 0.15) is 0 Å². The highest BCUT2D eigenvalue weighted by Crippen LogP contribution is 2.21. The Morgan fingerprint density at radius 2 is 1.70 bits per heavy atom. The Hall–Kier alpha value is -1.44. The van der Waals surface area contributed by atoms with Crippen LogP contribution in [-0.2, 0) is 10.0 Å². The molecule has 1 fully saturated rings. The summed E-state index contributed by atoms with van der Waals surface area (Å²) in [5, 5.41) is 1.54. The second-order valence-corrected chi connectivity index (χ2v) is 6.91. The second kappa shape index (κ2) is 5.90. The number of nitrogens with one attached hydrogen (secondary N) is 1. The van der Waals surface area contributed by atoms with Gasteiger partial charge < -0.3 is 0 Å². The van der Waals surface area contributed by atoms with Gasteiger partial charge in [-0.2, -0.15) is 4.31 Å². The molecule has 1 saturated heterocycles. The molecule has 0 aromatic heterocycles. The Balaban J connectivity index is 2.17. The highest BCUT2D eigenvalue weighted by atomic mass is 32.2. The van der Waals surface area contributed by atoms with E-state index < -0.39 is 10.0 Å². The lowest BCUT2D eigenvalue weighted by Gasteiger charge is -2.16. The average Bonchev–Trinajstić information content (AvgIpc) is 2.92.